The molecule has 61 heavy (non-hydrogen) atoms. The van der Waals surface area contributed by atoms with E-state index in [0.29, 0.717) is 35.4 Å². The lowest BCUT2D eigenvalue weighted by Crippen LogP contribution is -2.73. The number of hydrogen-bond acceptors (Lipinski definition) is 12. The number of alkyl halides is 3. The Morgan fingerprint density at radius 2 is 1.44 bits per heavy atom. The number of aliphatic hydroxyl groups is 3. The molecule has 6 rings (SSSR count). The summed E-state index contributed by atoms with van der Waals surface area (Å²) in [4.78, 5) is 63.2. The van der Waals surface area contributed by atoms with Gasteiger partial charge in [-0.2, -0.15) is 13.2 Å². The Kier molecular flexibility index (Phi) is 16.0. The lowest BCUT2D eigenvalue weighted by atomic mass is 9.53. The van der Waals surface area contributed by atoms with Gasteiger partial charge in [0.05, 0.1) is 24.9 Å². The average Bonchev–Trinajstić information content (AvgIpc) is 3.60. The minimum atomic E-state index is -4.64. The average molecular weight is 856 g/mol. The maximum absolute atomic E-state index is 13.8. The van der Waals surface area contributed by atoms with Crippen LogP contribution in [-0.4, -0.2) is 101 Å². The molecule has 0 radical (unpaired) electrons. The number of aliphatic hydroxyl groups excluding tert-OH is 3. The van der Waals surface area contributed by atoms with Gasteiger partial charge in [-0.3, -0.25) is 28.9 Å². The molecule has 1 saturated heterocycles. The van der Waals surface area contributed by atoms with E-state index >= 15 is 0 Å². The molecule has 330 valence electrons. The van der Waals surface area contributed by atoms with Crippen molar-refractivity contribution in [2.24, 2.45) is 0 Å². The third-order valence-electron chi connectivity index (χ3n) is 11.2. The number of halogens is 3. The predicted molar refractivity (Wildman–Crippen MR) is 214 cm³/mol. The van der Waals surface area contributed by atoms with Crippen molar-refractivity contribution in [3.05, 3.63) is 112 Å². The number of fused-ring (bicyclic) bond motifs is 1. The lowest BCUT2D eigenvalue weighted by molar-refractivity contribution is -0.201. The van der Waals surface area contributed by atoms with Gasteiger partial charge < -0.3 is 40.2 Å². The molecule has 3 aromatic carbocycles. The number of piperidine rings is 1. The van der Waals surface area contributed by atoms with Crippen LogP contribution >= 0.6 is 0 Å². The van der Waals surface area contributed by atoms with Crippen molar-refractivity contribution < 1.29 is 66.7 Å². The molecule has 0 unspecified atom stereocenters. The highest BCUT2D eigenvalue weighted by molar-refractivity contribution is 5.83. The third-order valence-corrected chi connectivity index (χ3v) is 11.2. The Hall–Kier alpha value is -5.62. The number of nitrogens with one attached hydrogen (secondary N) is 2. The molecule has 0 saturated carbocycles. The molecule has 0 bridgehead atoms. The van der Waals surface area contributed by atoms with Crippen LogP contribution in [0, 0.1) is 6.92 Å². The summed E-state index contributed by atoms with van der Waals surface area (Å²) in [6, 6.07) is 20.3. The molecule has 2 amide bonds. The van der Waals surface area contributed by atoms with Crippen LogP contribution in [0.3, 0.4) is 0 Å². The van der Waals surface area contributed by atoms with Crippen molar-refractivity contribution in [3.8, 4) is 5.75 Å². The van der Waals surface area contributed by atoms with E-state index in [9.17, 15) is 47.7 Å². The minimum Gasteiger partial charge on any atom is -0.481 e. The fraction of sp³-hybridized carbons (Fsp3) is 0.432. The lowest BCUT2D eigenvalue weighted by Gasteiger charge is -2.59. The van der Waals surface area contributed by atoms with Gasteiger partial charge in [0.1, 0.15) is 17.1 Å². The summed E-state index contributed by atoms with van der Waals surface area (Å²) >= 11 is 0. The molecule has 1 aliphatic carbocycles. The smallest absolute Gasteiger partial charge is 0.446 e. The molecule has 1 fully saturated rings. The van der Waals surface area contributed by atoms with Gasteiger partial charge in [0.25, 0.3) is 11.8 Å². The number of nitrogens with zero attached hydrogens (tertiary/aromatic N) is 1. The number of carbonyl (C=O) groups excluding carboxylic acids is 5. The standard InChI is InChI=1S/C41H47N3O10.C2HF3O.CH4/c1-25-14-15-29(24-45)36-33(25)40-20-23-44(3)26(2)41(40,54-32(47)18-22-43-39(51)35(49)28-12-8-5-9-13-28)19-16-30(37(40)53-36)52-31(46)17-21-42-38(50)34(48)27-10-6-4-7-11-27;3-2(4,5)1-6;/h4-16,26,34-35,37,45,48-49H,17-24H2,1-3H3,(H,42,50)(H,43,51);1H;1H4/t26-,34+,35+,37+,40+,41-;;/m1../s1. The van der Waals surface area contributed by atoms with E-state index in [4.69, 9.17) is 19.0 Å². The Labute approximate surface area is 351 Å². The summed E-state index contributed by atoms with van der Waals surface area (Å²) in [5.74, 6) is -1.81. The van der Waals surface area contributed by atoms with E-state index in [2.05, 4.69) is 15.5 Å². The van der Waals surface area contributed by atoms with Crippen molar-refractivity contribution in [3.63, 3.8) is 0 Å². The predicted octanol–water partition coefficient (Wildman–Crippen LogP) is 4.19. The Bertz CT molecular complexity index is 2070. The molecule has 17 heteroatoms. The zero-order valence-corrected chi connectivity index (χ0v) is 33.2. The number of aryl methyl sites for hydroxylation is 1. The third kappa shape index (κ3) is 10.3. The van der Waals surface area contributed by atoms with Gasteiger partial charge in [-0.25, -0.2) is 0 Å². The Morgan fingerprint density at radius 3 is 1.95 bits per heavy atom. The quantitative estimate of drug-likeness (QED) is 0.122. The second kappa shape index (κ2) is 20.3. The first-order valence-electron chi connectivity index (χ1n) is 19.3. The second-order valence-corrected chi connectivity index (χ2v) is 14.8. The molecule has 0 aromatic heterocycles. The van der Waals surface area contributed by atoms with Gasteiger partial charge in [0.2, 0.25) is 6.29 Å². The highest BCUT2D eigenvalue weighted by Gasteiger charge is 2.71. The maximum Gasteiger partial charge on any atom is 0.446 e. The van der Waals surface area contributed by atoms with Gasteiger partial charge in [-0.15, -0.1) is 0 Å². The summed E-state index contributed by atoms with van der Waals surface area (Å²) in [5, 5.41) is 36.5. The minimum absolute atomic E-state index is 0. The van der Waals surface area contributed by atoms with Crippen LogP contribution in [0.1, 0.15) is 80.1 Å². The van der Waals surface area contributed by atoms with E-state index in [1.165, 1.54) is 0 Å². The number of benzene rings is 3. The van der Waals surface area contributed by atoms with Gasteiger partial charge in [0, 0.05) is 36.7 Å². The number of ether oxygens (including phenoxy) is 3. The summed E-state index contributed by atoms with van der Waals surface area (Å²) in [7, 11) is 1.95. The van der Waals surface area contributed by atoms with Crippen molar-refractivity contribution in [1.29, 1.82) is 0 Å². The van der Waals surface area contributed by atoms with Crippen LogP contribution in [0.15, 0.2) is 84.6 Å². The number of likely N-dealkylation sites (N-methyl/N-ethyl adjacent to an activating group) is 1. The summed E-state index contributed by atoms with van der Waals surface area (Å²) < 4.78 is 50.5. The monoisotopic (exact) mass is 855 g/mol. The normalized spacial score (nSPS) is 22.3. The van der Waals surface area contributed by atoms with E-state index in [-0.39, 0.29) is 58.2 Å². The first-order valence-corrected chi connectivity index (χ1v) is 19.3. The summed E-state index contributed by atoms with van der Waals surface area (Å²) in [6.45, 7) is 4.03. The Morgan fingerprint density at radius 1 is 0.918 bits per heavy atom. The van der Waals surface area contributed by atoms with Crippen LogP contribution in [0.2, 0.25) is 0 Å². The molecule has 6 atom stereocenters. The molecule has 1 spiro atoms. The number of amides is 2. The molecular weight excluding hydrogens is 803 g/mol. The van der Waals surface area contributed by atoms with Crippen LogP contribution in [0.25, 0.3) is 0 Å². The molecule has 2 aliphatic heterocycles. The number of rotatable bonds is 13. The highest BCUT2D eigenvalue weighted by Crippen LogP contribution is 2.63. The van der Waals surface area contributed by atoms with Crippen LogP contribution in [0.5, 0.6) is 5.75 Å². The van der Waals surface area contributed by atoms with Crippen molar-refractivity contribution >= 4 is 30.0 Å². The first-order chi connectivity index (χ1) is 28.5. The fourth-order valence-electron chi connectivity index (χ4n) is 8.17. The fourth-order valence-corrected chi connectivity index (χ4v) is 8.17. The number of likely N-dealkylation sites (tertiary alicyclic amines) is 1. The van der Waals surface area contributed by atoms with Crippen LogP contribution in [-0.2, 0) is 45.5 Å². The van der Waals surface area contributed by atoms with E-state index in [1.807, 2.05) is 27.0 Å². The zero-order chi connectivity index (χ0) is 43.8. The number of esters is 2. The first kappa shape index (κ1) is 48.1. The molecule has 14 nitrogen and oxygen atoms in total. The topological polar surface area (TPSA) is 201 Å². The molecule has 5 N–H and O–H groups in total. The summed E-state index contributed by atoms with van der Waals surface area (Å²) in [5.41, 5.74) is 0.760. The molecule has 2 heterocycles. The van der Waals surface area contributed by atoms with Gasteiger partial charge in [0.15, 0.2) is 18.3 Å². The van der Waals surface area contributed by atoms with Gasteiger partial charge in [-0.1, -0.05) is 80.2 Å². The number of aldehydes is 1. The van der Waals surface area contributed by atoms with Crippen molar-refractivity contribution in [1.82, 2.24) is 15.5 Å². The van der Waals surface area contributed by atoms with Crippen LogP contribution in [0.4, 0.5) is 13.2 Å². The van der Waals surface area contributed by atoms with E-state index < -0.39 is 65.5 Å². The largest absolute Gasteiger partial charge is 0.481 e. The highest BCUT2D eigenvalue weighted by atomic mass is 19.4. The zero-order valence-electron chi connectivity index (χ0n) is 33.2. The molecule has 3 aromatic rings. The van der Waals surface area contributed by atoms with Gasteiger partial charge >= 0.3 is 18.1 Å². The maximum atomic E-state index is 13.8. The second-order valence-electron chi connectivity index (χ2n) is 14.8. The van der Waals surface area contributed by atoms with E-state index in [0.717, 1.165) is 11.1 Å². The Balaban J connectivity index is 0.00000109. The van der Waals surface area contributed by atoms with Gasteiger partial charge in [-0.05, 0) is 56.6 Å². The summed E-state index contributed by atoms with van der Waals surface area (Å²) in [6.07, 6.45) is -7.44. The molecular formula is C44H52F3N3O11. The number of hydrogen-bond donors (Lipinski definition) is 5. The van der Waals surface area contributed by atoms with E-state index in [1.54, 1.807) is 72.8 Å². The molecule has 3 aliphatic rings. The van der Waals surface area contributed by atoms with Crippen molar-refractivity contribution in [2.75, 3.05) is 26.7 Å². The van der Waals surface area contributed by atoms with Crippen molar-refractivity contribution in [2.45, 2.75) is 95.1 Å². The number of carbonyl (C=O) groups is 5. The van der Waals surface area contributed by atoms with Crippen LogP contribution < -0.4 is 15.4 Å². The SMILES string of the molecule is C.Cc1ccc(CO)c2c1[C@]13CCN(C)[C@H](C)[C@]1(OC(=O)CCNC(=O)[C@@H](O)c1ccccc1)CC=C(OC(=O)CCNC(=O)[C@@H](O)c1ccccc1)[C@@H]3O2.O=CC(F)(F)F.